The fourth-order valence-electron chi connectivity index (χ4n) is 21.3. The quantitative estimate of drug-likeness (QED) is 0.0806. The van der Waals surface area contributed by atoms with E-state index in [1.165, 1.54) is 104 Å². The van der Waals surface area contributed by atoms with Crippen LogP contribution in [0.25, 0.3) is 0 Å². The number of carbonyl (C=O) groups excluding carboxylic acids is 9. The zero-order chi connectivity index (χ0) is 73.1. The monoisotopic (exact) mass is 1390 g/mol. The largest absolute Gasteiger partial charge is 0.463 e. The van der Waals surface area contributed by atoms with Crippen molar-refractivity contribution in [2.75, 3.05) is 13.2 Å². The lowest BCUT2D eigenvalue weighted by molar-refractivity contribution is -0.221. The van der Waals surface area contributed by atoms with E-state index in [0.717, 1.165) is 87.9 Å². The molecule has 17 fully saturated rings. The van der Waals surface area contributed by atoms with Gasteiger partial charge in [-0.2, -0.15) is 0 Å². The molecule has 8 unspecified atom stereocenters. The lowest BCUT2D eigenvalue weighted by Crippen LogP contribution is -2.62. The Morgan fingerprint density at radius 3 is 1.44 bits per heavy atom. The van der Waals surface area contributed by atoms with E-state index in [1.54, 1.807) is 27.7 Å². The number of hydrogen-bond donors (Lipinski definition) is 1. The molecule has 2 saturated heterocycles. The molecule has 100 heavy (non-hydrogen) atoms. The number of carbonyl (C=O) groups is 9. The van der Waals surface area contributed by atoms with Crippen molar-refractivity contribution in [3.63, 3.8) is 0 Å². The smallest absolute Gasteiger partial charge is 0.347 e. The van der Waals surface area contributed by atoms with Gasteiger partial charge in [-0.3, -0.25) is 4.79 Å². The highest BCUT2D eigenvalue weighted by Crippen LogP contribution is 2.64. The first-order valence-electron chi connectivity index (χ1n) is 37.6. The number of aliphatic hydroxyl groups is 1. The molecule has 15 aliphatic carbocycles. The van der Waals surface area contributed by atoms with Crippen LogP contribution in [0.15, 0.2) is 72.9 Å². The molecule has 17 aliphatic rings. The molecule has 0 amide bonds. The molecule has 0 aromatic rings. The third-order valence-corrected chi connectivity index (χ3v) is 25.2. The summed E-state index contributed by atoms with van der Waals surface area (Å²) in [4.78, 5) is 103. The van der Waals surface area contributed by atoms with Gasteiger partial charge < -0.3 is 47.7 Å². The summed E-state index contributed by atoms with van der Waals surface area (Å²) >= 11 is 0. The molecule has 0 spiro atoms. The van der Waals surface area contributed by atoms with Gasteiger partial charge in [0.1, 0.15) is 34.6 Å². The molecule has 8 atom stereocenters. The van der Waals surface area contributed by atoms with Crippen LogP contribution in [0.2, 0.25) is 0 Å². The summed E-state index contributed by atoms with van der Waals surface area (Å²) in [5.74, 6) is 4.58. The van der Waals surface area contributed by atoms with Gasteiger partial charge >= 0.3 is 53.7 Å². The molecule has 554 valence electrons. The molecule has 0 aromatic heterocycles. The summed E-state index contributed by atoms with van der Waals surface area (Å²) in [6.07, 6.45) is 26.7. The van der Waals surface area contributed by atoms with Gasteiger partial charge in [0.25, 0.3) is 0 Å². The number of cyclic esters (lactones) is 1. The van der Waals surface area contributed by atoms with Crippen LogP contribution in [-0.2, 0) is 85.8 Å². The van der Waals surface area contributed by atoms with Gasteiger partial charge in [-0.1, -0.05) is 73.6 Å². The van der Waals surface area contributed by atoms with Crippen LogP contribution in [0.1, 0.15) is 236 Å². The Hall–Kier alpha value is -6.37. The van der Waals surface area contributed by atoms with Crippen LogP contribution in [0, 0.1) is 82.9 Å². The Morgan fingerprint density at radius 1 is 0.520 bits per heavy atom. The Balaban J connectivity index is 0.000000141. The van der Waals surface area contributed by atoms with Crippen molar-refractivity contribution in [3.05, 3.63) is 72.9 Å². The highest BCUT2D eigenvalue weighted by Gasteiger charge is 2.65. The summed E-state index contributed by atoms with van der Waals surface area (Å²) in [7, 11) is 0. The minimum absolute atomic E-state index is 0.0128. The van der Waals surface area contributed by atoms with Crippen molar-refractivity contribution in [2.24, 2.45) is 82.9 Å². The van der Waals surface area contributed by atoms with E-state index in [4.69, 9.17) is 37.9 Å². The third-order valence-electron chi connectivity index (χ3n) is 25.2. The van der Waals surface area contributed by atoms with Crippen LogP contribution >= 0.6 is 0 Å². The van der Waals surface area contributed by atoms with Gasteiger partial charge in [-0.05, 0) is 254 Å². The molecule has 19 heteroatoms. The zero-order valence-electron chi connectivity index (χ0n) is 61.7. The molecule has 2 aliphatic heterocycles. The number of hydrogen-bond acceptors (Lipinski definition) is 19. The van der Waals surface area contributed by atoms with Crippen molar-refractivity contribution in [1.29, 1.82) is 0 Å². The van der Waals surface area contributed by atoms with Gasteiger partial charge in [0.15, 0.2) is 6.61 Å². The minimum Gasteiger partial charge on any atom is -0.463 e. The molecular weight excluding hydrogens is 1280 g/mol. The molecule has 14 bridgehead atoms. The van der Waals surface area contributed by atoms with Crippen LogP contribution in [0.4, 0.5) is 0 Å². The molecule has 19 nitrogen and oxygen atoms in total. The topological polar surface area (TPSA) is 257 Å². The van der Waals surface area contributed by atoms with E-state index in [1.807, 2.05) is 0 Å². The van der Waals surface area contributed by atoms with Crippen molar-refractivity contribution < 1.29 is 90.9 Å². The Bertz CT molecular complexity index is 3120. The van der Waals surface area contributed by atoms with Gasteiger partial charge in [0.2, 0.25) is 6.10 Å². The maximum absolute atomic E-state index is 12.1. The first-order valence-corrected chi connectivity index (χ1v) is 37.6. The molecule has 2 heterocycles. The van der Waals surface area contributed by atoms with Crippen molar-refractivity contribution in [1.82, 2.24) is 0 Å². The summed E-state index contributed by atoms with van der Waals surface area (Å²) in [5.41, 5.74) is 1.02. The lowest BCUT2D eigenvalue weighted by Gasteiger charge is -2.61. The number of esters is 9. The van der Waals surface area contributed by atoms with E-state index >= 15 is 0 Å². The molecule has 15 saturated carbocycles. The molecule has 0 aromatic carbocycles. The number of ether oxygens (including phenoxy) is 9. The second kappa shape index (κ2) is 31.7. The minimum atomic E-state index is -0.728. The maximum Gasteiger partial charge on any atom is 0.347 e. The first-order chi connectivity index (χ1) is 47.0. The molecule has 0 radical (unpaired) electrons. The second-order valence-corrected chi connectivity index (χ2v) is 33.4. The predicted octanol–water partition coefficient (Wildman–Crippen LogP) is 14.1. The Morgan fingerprint density at radius 2 is 0.990 bits per heavy atom. The van der Waals surface area contributed by atoms with Gasteiger partial charge in [0.05, 0.1) is 18.1 Å². The van der Waals surface area contributed by atoms with Gasteiger partial charge in [0, 0.05) is 58.1 Å². The summed E-state index contributed by atoms with van der Waals surface area (Å²) in [6, 6.07) is 0. The average Bonchev–Trinajstić information content (AvgIpc) is 0.941. The van der Waals surface area contributed by atoms with E-state index in [0.29, 0.717) is 83.2 Å². The standard InChI is InChI=1S/C17H26O2.C16H24O2.C14H16O6.C14H20O3.C12H20O2.C8H10O4/c1-10(2)16(18)19-17(11(3)4)14-6-12-5-13(8-14)9-15(17)7-12;1-4-16(18-15(17)10(2)3)13-6-11-5-12(8-13)9-14(16)7-11;1-6(2)13(16)18-5-10(15)19-11-7-3-8-9(4-7)14(17)20-12(8)11;1-9(2)12(15)17-14-6-10-3-11(7-14)5-13(16,4-10)8-14;1-4-12(8-6-5-7-9-12)14-11(13)10(2)3;1-5(2)7(9)12-6-3-4-11-8(6)10/h11-15H,1,5-9H2,2-4H3;11-14H,2,4-9H2,1,3H3;7-9,11-12H,1,3-5H2,2H3;10-11,16H,1,3-8H2,2H3;2,4-9H2,1,3H3;6H,1,3-4H2,2H3. The highest BCUT2D eigenvalue weighted by molar-refractivity contribution is 5.91. The van der Waals surface area contributed by atoms with E-state index in [-0.39, 0.29) is 81.7 Å². The van der Waals surface area contributed by atoms with Gasteiger partial charge in [-0.15, -0.1) is 0 Å². The Kier molecular flexibility index (Phi) is 24.7. The predicted molar refractivity (Wildman–Crippen MR) is 372 cm³/mol. The van der Waals surface area contributed by atoms with E-state index in [9.17, 15) is 48.3 Å². The van der Waals surface area contributed by atoms with Crippen molar-refractivity contribution in [3.8, 4) is 0 Å². The fourth-order valence-corrected chi connectivity index (χ4v) is 21.3. The van der Waals surface area contributed by atoms with Crippen LogP contribution in [-0.4, -0.2) is 118 Å². The number of fused-ring (bicyclic) bond motifs is 1. The summed E-state index contributed by atoms with van der Waals surface area (Å²) in [5, 5.41) is 10.5. The first kappa shape index (κ1) is 77.8. The highest BCUT2D eigenvalue weighted by atomic mass is 16.6. The second-order valence-electron chi connectivity index (χ2n) is 33.4. The zero-order valence-corrected chi connectivity index (χ0v) is 61.7. The van der Waals surface area contributed by atoms with Gasteiger partial charge in [-0.25, -0.2) is 38.4 Å². The normalized spacial score (nSPS) is 37.1. The SMILES string of the molecule is C=C(C)C(=O)OC1(C(C)C)C2CC3CC(C2)CC1C3.C=C(C)C(=O)OC1(CC)C2CC3CC(C2)CC1C3.C=C(C)C(=O)OC1(CC)CCCCC1.C=C(C)C(=O)OC12CC3CC(CC(O)(C3)C1)C2.C=C(C)C(=O)OC1CCOC1=O.C=C(C)C(=O)OCC(=O)OC1C2CC3C(=O)OC1C3C2. The molecule has 17 rings (SSSR count). The van der Waals surface area contributed by atoms with Crippen LogP contribution in [0.5, 0.6) is 0 Å². The average molecular weight is 1390 g/mol. The summed E-state index contributed by atoms with van der Waals surface area (Å²) < 4.78 is 48.0. The fraction of sp³-hybridized carbons (Fsp3) is 0.741. The van der Waals surface area contributed by atoms with Crippen molar-refractivity contribution >= 4 is 53.7 Å². The van der Waals surface area contributed by atoms with Crippen LogP contribution in [0.3, 0.4) is 0 Å². The Labute approximate surface area is 593 Å². The van der Waals surface area contributed by atoms with Crippen molar-refractivity contribution in [2.45, 2.75) is 282 Å². The third kappa shape index (κ3) is 17.3. The number of rotatable bonds is 17. The summed E-state index contributed by atoms with van der Waals surface area (Å²) in [6.45, 7) is 40.1. The maximum atomic E-state index is 12.1. The molecular formula is C81H116O19. The molecule has 1 N–H and O–H groups in total. The van der Waals surface area contributed by atoms with E-state index < -0.39 is 53.9 Å². The van der Waals surface area contributed by atoms with E-state index in [2.05, 4.69) is 71.9 Å². The van der Waals surface area contributed by atoms with Crippen LogP contribution < -0.4 is 0 Å². The lowest BCUT2D eigenvalue weighted by atomic mass is 9.47.